The zero-order chi connectivity index (χ0) is 22.4. The number of hydrogen-bond acceptors (Lipinski definition) is 4. The summed E-state index contributed by atoms with van der Waals surface area (Å²) in [5, 5.41) is 5.77. The van der Waals surface area contributed by atoms with Crippen molar-refractivity contribution in [1.29, 1.82) is 0 Å². The van der Waals surface area contributed by atoms with E-state index < -0.39 is 16.1 Å². The first-order valence-corrected chi connectivity index (χ1v) is 12.1. The average molecular weight is 464 g/mol. The molecular formula is C22H26ClN3O4S. The second-order valence-corrected chi connectivity index (χ2v) is 9.93. The van der Waals surface area contributed by atoms with Crippen molar-refractivity contribution >= 4 is 33.6 Å². The molecule has 7 nitrogen and oxygen atoms in total. The summed E-state index contributed by atoms with van der Waals surface area (Å²) >= 11 is 6.18. The number of halogens is 1. The van der Waals surface area contributed by atoms with E-state index in [1.165, 1.54) is 18.2 Å². The topological polar surface area (TPSA) is 104 Å². The lowest BCUT2D eigenvalue weighted by Gasteiger charge is -2.26. The molecule has 0 atom stereocenters. The molecule has 1 aliphatic carbocycles. The summed E-state index contributed by atoms with van der Waals surface area (Å²) in [6.07, 6.45) is 3.68. The minimum absolute atomic E-state index is 0.0274. The third kappa shape index (κ3) is 6.45. The molecule has 0 unspecified atom stereocenters. The number of rotatable bonds is 6. The van der Waals surface area contributed by atoms with Crippen molar-refractivity contribution in [3.63, 3.8) is 0 Å². The molecule has 1 aliphatic rings. The molecule has 1 fully saturated rings. The number of carbonyl (C=O) groups is 2. The molecule has 0 radical (unpaired) electrons. The monoisotopic (exact) mass is 463 g/mol. The molecule has 2 aromatic carbocycles. The minimum atomic E-state index is -4.08. The Morgan fingerprint density at radius 3 is 2.39 bits per heavy atom. The third-order valence-corrected chi connectivity index (χ3v) is 7.08. The van der Waals surface area contributed by atoms with Gasteiger partial charge in [0.15, 0.2) is 0 Å². The molecule has 0 spiro atoms. The fourth-order valence-electron chi connectivity index (χ4n) is 3.52. The van der Waals surface area contributed by atoms with E-state index in [0.717, 1.165) is 25.7 Å². The molecule has 0 aromatic heterocycles. The Bertz CT molecular complexity index is 1040. The van der Waals surface area contributed by atoms with E-state index in [1.807, 2.05) is 0 Å². The van der Waals surface area contributed by atoms with Crippen LogP contribution in [0.25, 0.3) is 0 Å². The standard InChI is InChI=1S/C22H26ClN3O4S/c1-15-7-9-18(10-8-15)25-22(28)26-31(29,30)19-11-12-20(23)17(13-19)14-24-21(27)16-5-3-2-4-6-16/h2-6,11-13,15,18H,7-10,14H2,1H3,(H,24,27)(H2,25,26,28). The van der Waals surface area contributed by atoms with Gasteiger partial charge in [-0.1, -0.05) is 36.7 Å². The summed E-state index contributed by atoms with van der Waals surface area (Å²) in [7, 11) is -4.08. The van der Waals surface area contributed by atoms with E-state index in [2.05, 4.69) is 22.3 Å². The molecule has 3 rings (SSSR count). The van der Waals surface area contributed by atoms with Gasteiger partial charge in [0.2, 0.25) is 0 Å². The van der Waals surface area contributed by atoms with Gasteiger partial charge in [-0.15, -0.1) is 0 Å². The summed E-state index contributed by atoms with van der Waals surface area (Å²) in [4.78, 5) is 24.3. The summed E-state index contributed by atoms with van der Waals surface area (Å²) in [6.45, 7) is 2.21. The number of nitrogens with one attached hydrogen (secondary N) is 3. The molecule has 3 amide bonds. The second kappa shape index (κ2) is 10.2. The zero-order valence-electron chi connectivity index (χ0n) is 17.2. The number of sulfonamides is 1. The Morgan fingerprint density at radius 2 is 1.71 bits per heavy atom. The number of amides is 3. The van der Waals surface area contributed by atoms with Crippen LogP contribution in [-0.4, -0.2) is 26.4 Å². The molecule has 0 bridgehead atoms. The van der Waals surface area contributed by atoms with Crippen molar-refractivity contribution in [1.82, 2.24) is 15.4 Å². The average Bonchev–Trinajstić information content (AvgIpc) is 2.74. The quantitative estimate of drug-likeness (QED) is 0.605. The van der Waals surface area contributed by atoms with E-state index in [9.17, 15) is 18.0 Å². The highest BCUT2D eigenvalue weighted by atomic mass is 35.5. The molecule has 0 saturated heterocycles. The van der Waals surface area contributed by atoms with Gasteiger partial charge in [0.05, 0.1) is 4.90 Å². The largest absolute Gasteiger partial charge is 0.348 e. The summed E-state index contributed by atoms with van der Waals surface area (Å²) in [5.41, 5.74) is 0.911. The highest BCUT2D eigenvalue weighted by Crippen LogP contribution is 2.24. The molecule has 0 aliphatic heterocycles. The van der Waals surface area contributed by atoms with Crippen LogP contribution in [0.1, 0.15) is 48.5 Å². The van der Waals surface area contributed by atoms with Gasteiger partial charge in [-0.3, -0.25) is 4.79 Å². The molecule has 166 valence electrons. The van der Waals surface area contributed by atoms with E-state index in [-0.39, 0.29) is 23.4 Å². The van der Waals surface area contributed by atoms with Crippen LogP contribution in [0, 0.1) is 5.92 Å². The van der Waals surface area contributed by atoms with E-state index in [0.29, 0.717) is 22.1 Å². The van der Waals surface area contributed by atoms with Crippen molar-refractivity contribution in [3.05, 3.63) is 64.7 Å². The van der Waals surface area contributed by atoms with Crippen LogP contribution in [0.5, 0.6) is 0 Å². The lowest BCUT2D eigenvalue weighted by atomic mass is 9.87. The molecule has 3 N–H and O–H groups in total. The van der Waals surface area contributed by atoms with Gasteiger partial charge in [-0.25, -0.2) is 17.9 Å². The maximum Gasteiger partial charge on any atom is 0.328 e. The predicted molar refractivity (Wildman–Crippen MR) is 119 cm³/mol. The summed E-state index contributed by atoms with van der Waals surface area (Å²) in [5.74, 6) is 0.323. The number of carbonyl (C=O) groups excluding carboxylic acids is 2. The normalized spacial score (nSPS) is 18.8. The van der Waals surface area contributed by atoms with Gasteiger partial charge < -0.3 is 10.6 Å². The van der Waals surface area contributed by atoms with Gasteiger partial charge in [0.1, 0.15) is 0 Å². The van der Waals surface area contributed by atoms with Crippen molar-refractivity contribution in [3.8, 4) is 0 Å². The van der Waals surface area contributed by atoms with Crippen LogP contribution >= 0.6 is 11.6 Å². The van der Waals surface area contributed by atoms with Gasteiger partial charge >= 0.3 is 6.03 Å². The van der Waals surface area contributed by atoms with Gasteiger partial charge in [0.25, 0.3) is 15.9 Å². The summed E-state index contributed by atoms with van der Waals surface area (Å²) < 4.78 is 27.4. The number of urea groups is 1. The van der Waals surface area contributed by atoms with Gasteiger partial charge in [0, 0.05) is 23.2 Å². The minimum Gasteiger partial charge on any atom is -0.348 e. The Kier molecular flexibility index (Phi) is 7.56. The van der Waals surface area contributed by atoms with Crippen LogP contribution < -0.4 is 15.4 Å². The van der Waals surface area contributed by atoms with E-state index >= 15 is 0 Å². The first kappa shape index (κ1) is 23.1. The number of hydrogen-bond donors (Lipinski definition) is 3. The smallest absolute Gasteiger partial charge is 0.328 e. The Morgan fingerprint density at radius 1 is 1.03 bits per heavy atom. The Hall–Kier alpha value is -2.58. The van der Waals surface area contributed by atoms with Crippen molar-refractivity contribution in [2.45, 2.75) is 50.1 Å². The molecule has 1 saturated carbocycles. The molecule has 2 aromatic rings. The fourth-order valence-corrected chi connectivity index (χ4v) is 4.67. The first-order chi connectivity index (χ1) is 14.7. The highest BCUT2D eigenvalue weighted by Gasteiger charge is 2.23. The van der Waals surface area contributed by atoms with Crippen molar-refractivity contribution < 1.29 is 18.0 Å². The lowest BCUT2D eigenvalue weighted by Crippen LogP contribution is -2.45. The Balaban J connectivity index is 1.63. The summed E-state index contributed by atoms with van der Waals surface area (Å²) in [6, 6.07) is 12.0. The lowest BCUT2D eigenvalue weighted by molar-refractivity contribution is 0.0951. The SMILES string of the molecule is CC1CCC(NC(=O)NS(=O)(=O)c2ccc(Cl)c(CNC(=O)c3ccccc3)c2)CC1. The van der Waals surface area contributed by atoms with Crippen LogP contribution in [0.15, 0.2) is 53.4 Å². The maximum atomic E-state index is 12.7. The van der Waals surface area contributed by atoms with Gasteiger partial charge in [-0.2, -0.15) is 0 Å². The highest BCUT2D eigenvalue weighted by molar-refractivity contribution is 7.90. The van der Waals surface area contributed by atoms with E-state index in [1.54, 1.807) is 30.3 Å². The fraction of sp³-hybridized carbons (Fsp3) is 0.364. The van der Waals surface area contributed by atoms with Gasteiger partial charge in [-0.05, 0) is 67.5 Å². The van der Waals surface area contributed by atoms with E-state index in [4.69, 9.17) is 11.6 Å². The second-order valence-electron chi connectivity index (χ2n) is 7.84. The van der Waals surface area contributed by atoms with Crippen molar-refractivity contribution in [2.75, 3.05) is 0 Å². The van der Waals surface area contributed by atoms with Crippen molar-refractivity contribution in [2.24, 2.45) is 5.92 Å². The molecule has 31 heavy (non-hydrogen) atoms. The van der Waals surface area contributed by atoms with Crippen LogP contribution in [-0.2, 0) is 16.6 Å². The third-order valence-electron chi connectivity index (χ3n) is 5.38. The first-order valence-electron chi connectivity index (χ1n) is 10.2. The predicted octanol–water partition coefficient (Wildman–Crippen LogP) is 3.84. The number of benzene rings is 2. The van der Waals surface area contributed by atoms with Crippen LogP contribution in [0.4, 0.5) is 4.79 Å². The molecule has 0 heterocycles. The molecule has 9 heteroatoms. The maximum absolute atomic E-state index is 12.7. The molecular weight excluding hydrogens is 438 g/mol. The Labute approximate surface area is 187 Å². The zero-order valence-corrected chi connectivity index (χ0v) is 18.8. The van der Waals surface area contributed by atoms with Crippen LogP contribution in [0.2, 0.25) is 5.02 Å². The van der Waals surface area contributed by atoms with Crippen LogP contribution in [0.3, 0.4) is 0 Å².